The summed E-state index contributed by atoms with van der Waals surface area (Å²) in [5, 5.41) is 18.1. The Morgan fingerprint density at radius 3 is 2.59 bits per heavy atom. The molecule has 0 unspecified atom stereocenters. The maximum atomic E-state index is 12.0. The van der Waals surface area contributed by atoms with E-state index < -0.39 is 15.8 Å². The molecule has 17 heavy (non-hydrogen) atoms. The van der Waals surface area contributed by atoms with E-state index in [-0.39, 0.29) is 28.4 Å². The van der Waals surface area contributed by atoms with Gasteiger partial charge in [-0.2, -0.15) is 0 Å². The summed E-state index contributed by atoms with van der Waals surface area (Å²) in [5.41, 5.74) is 0.408. The van der Waals surface area contributed by atoms with E-state index in [0.717, 1.165) is 0 Å². The second-order valence-electron chi connectivity index (χ2n) is 3.70. The first-order valence-electron chi connectivity index (χ1n) is 4.92. The third-order valence-electron chi connectivity index (χ3n) is 2.54. The lowest BCUT2D eigenvalue weighted by Crippen LogP contribution is -2.03. The number of phenolic OH excluding ortho intramolecular Hbond substituents is 1. The first kappa shape index (κ1) is 11.7. The number of allylic oxidation sites excluding steroid dienone is 1. The van der Waals surface area contributed by atoms with Gasteiger partial charge in [-0.05, 0) is 24.1 Å². The number of carboxylic acid groups (broad SMARTS) is 1. The van der Waals surface area contributed by atoms with Gasteiger partial charge in [-0.25, -0.2) is 8.42 Å². The van der Waals surface area contributed by atoms with Crippen molar-refractivity contribution in [3.63, 3.8) is 0 Å². The average Bonchev–Trinajstić information content (AvgIpc) is 2.48. The van der Waals surface area contributed by atoms with Crippen LogP contribution in [0.5, 0.6) is 5.75 Å². The summed E-state index contributed by atoms with van der Waals surface area (Å²) < 4.78 is 24.0. The van der Waals surface area contributed by atoms with Crippen molar-refractivity contribution in [3.05, 3.63) is 28.7 Å². The van der Waals surface area contributed by atoms with Crippen LogP contribution in [0.15, 0.2) is 28.0 Å². The van der Waals surface area contributed by atoms with Gasteiger partial charge in [0.1, 0.15) is 10.6 Å². The van der Waals surface area contributed by atoms with Crippen molar-refractivity contribution in [3.8, 4) is 5.75 Å². The minimum absolute atomic E-state index is 0.0383. The van der Waals surface area contributed by atoms with Gasteiger partial charge in [0.15, 0.2) is 0 Å². The minimum Gasteiger partial charge on any atom is -0.507 e. The predicted molar refractivity (Wildman–Crippen MR) is 60.1 cm³/mol. The maximum absolute atomic E-state index is 12.0. The highest BCUT2D eigenvalue weighted by Crippen LogP contribution is 2.39. The summed E-state index contributed by atoms with van der Waals surface area (Å²) in [5.74, 6) is -1.36. The highest BCUT2D eigenvalue weighted by Gasteiger charge is 2.32. The van der Waals surface area contributed by atoms with Crippen molar-refractivity contribution >= 4 is 21.9 Å². The number of aliphatic carboxylic acids is 1. The number of sulfone groups is 1. The van der Waals surface area contributed by atoms with Crippen LogP contribution in [0.4, 0.5) is 0 Å². The molecule has 1 aliphatic heterocycles. The molecule has 2 rings (SSSR count). The van der Waals surface area contributed by atoms with E-state index >= 15 is 0 Å². The molecule has 6 heteroatoms. The Morgan fingerprint density at radius 1 is 1.29 bits per heavy atom. The summed E-state index contributed by atoms with van der Waals surface area (Å²) in [6.45, 7) is 0. The van der Waals surface area contributed by atoms with Crippen LogP contribution in [0.3, 0.4) is 0 Å². The van der Waals surface area contributed by atoms with Gasteiger partial charge >= 0.3 is 5.97 Å². The van der Waals surface area contributed by atoms with Crippen molar-refractivity contribution in [1.82, 2.24) is 0 Å². The van der Waals surface area contributed by atoms with E-state index in [4.69, 9.17) is 5.11 Å². The average molecular weight is 254 g/mol. The molecular weight excluding hydrogens is 244 g/mol. The Hall–Kier alpha value is -1.82. The lowest BCUT2D eigenvalue weighted by Gasteiger charge is -2.03. The van der Waals surface area contributed by atoms with E-state index in [9.17, 15) is 18.3 Å². The number of hydrogen-bond donors (Lipinski definition) is 2. The quantitative estimate of drug-likeness (QED) is 0.850. The Morgan fingerprint density at radius 2 is 2.00 bits per heavy atom. The lowest BCUT2D eigenvalue weighted by atomic mass is 10.2. The fourth-order valence-corrected chi connectivity index (χ4v) is 3.46. The van der Waals surface area contributed by atoms with Crippen molar-refractivity contribution in [1.29, 1.82) is 0 Å². The van der Waals surface area contributed by atoms with Crippen molar-refractivity contribution < 1.29 is 23.4 Å². The van der Waals surface area contributed by atoms with E-state index in [0.29, 0.717) is 5.56 Å². The van der Waals surface area contributed by atoms with Gasteiger partial charge in [-0.15, -0.1) is 0 Å². The molecule has 1 aliphatic rings. The van der Waals surface area contributed by atoms with Crippen molar-refractivity contribution in [2.45, 2.75) is 17.7 Å². The van der Waals surface area contributed by atoms with Crippen molar-refractivity contribution in [2.75, 3.05) is 0 Å². The molecule has 0 saturated heterocycles. The minimum atomic E-state index is -3.72. The molecule has 0 aliphatic carbocycles. The molecule has 1 aromatic rings. The van der Waals surface area contributed by atoms with Crippen LogP contribution in [0.1, 0.15) is 18.4 Å². The van der Waals surface area contributed by atoms with E-state index in [1.54, 1.807) is 12.1 Å². The molecule has 5 nitrogen and oxygen atoms in total. The zero-order chi connectivity index (χ0) is 12.6. The highest BCUT2D eigenvalue weighted by molar-refractivity contribution is 7.96. The molecular formula is C11H10O5S. The van der Waals surface area contributed by atoms with Gasteiger partial charge in [-0.3, -0.25) is 4.79 Å². The summed E-state index contributed by atoms with van der Waals surface area (Å²) >= 11 is 0. The molecule has 0 amide bonds. The largest absolute Gasteiger partial charge is 0.507 e. The molecule has 90 valence electrons. The van der Waals surface area contributed by atoms with Crippen LogP contribution in [0.25, 0.3) is 6.08 Å². The fraction of sp³-hybridized carbons (Fsp3) is 0.182. The first-order valence-corrected chi connectivity index (χ1v) is 6.40. The van der Waals surface area contributed by atoms with Crippen LogP contribution < -0.4 is 0 Å². The molecule has 0 saturated carbocycles. The standard InChI is InChI=1S/C11H10O5S/c12-9-3-1-2-7-6-8(4-5-10(13)14)17(15,16)11(7)9/h1-3,6,12H,4-5H2,(H,13,14). The molecule has 0 radical (unpaired) electrons. The molecule has 0 bridgehead atoms. The number of benzene rings is 1. The van der Waals surface area contributed by atoms with E-state index in [1.807, 2.05) is 0 Å². The van der Waals surface area contributed by atoms with Gasteiger partial charge in [0.25, 0.3) is 0 Å². The van der Waals surface area contributed by atoms with Crippen LogP contribution in [0.2, 0.25) is 0 Å². The Balaban J connectivity index is 2.43. The van der Waals surface area contributed by atoms with E-state index in [1.165, 1.54) is 12.1 Å². The van der Waals surface area contributed by atoms with Gasteiger partial charge < -0.3 is 10.2 Å². The lowest BCUT2D eigenvalue weighted by molar-refractivity contribution is -0.136. The first-order chi connectivity index (χ1) is 7.93. The topological polar surface area (TPSA) is 91.7 Å². The third-order valence-corrected chi connectivity index (χ3v) is 4.53. The molecule has 0 aromatic heterocycles. The van der Waals surface area contributed by atoms with Crippen molar-refractivity contribution in [2.24, 2.45) is 0 Å². The number of rotatable bonds is 3. The molecule has 0 fully saturated rings. The molecule has 0 atom stereocenters. The van der Waals surface area contributed by atoms with Gasteiger partial charge in [0.05, 0.1) is 11.3 Å². The normalized spacial score (nSPS) is 16.4. The van der Waals surface area contributed by atoms with Gasteiger partial charge in [-0.1, -0.05) is 12.1 Å². The number of phenols is 1. The summed E-state index contributed by atoms with van der Waals surface area (Å²) in [7, 11) is -3.72. The monoisotopic (exact) mass is 254 g/mol. The zero-order valence-electron chi connectivity index (χ0n) is 8.75. The fourth-order valence-electron chi connectivity index (χ4n) is 1.77. The van der Waals surface area contributed by atoms with Crippen LogP contribution in [-0.2, 0) is 14.6 Å². The molecule has 0 spiro atoms. The van der Waals surface area contributed by atoms with Crippen LogP contribution >= 0.6 is 0 Å². The second kappa shape index (κ2) is 3.89. The summed E-state index contributed by atoms with van der Waals surface area (Å²) in [6.07, 6.45) is 1.10. The molecule has 2 N–H and O–H groups in total. The van der Waals surface area contributed by atoms with Gasteiger partial charge in [0.2, 0.25) is 9.84 Å². The summed E-state index contributed by atoms with van der Waals surface area (Å²) in [6, 6.07) is 4.41. The Bertz CT molecular complexity index is 613. The third kappa shape index (κ3) is 1.91. The predicted octanol–water partition coefficient (Wildman–Crippen LogP) is 1.39. The smallest absolute Gasteiger partial charge is 0.303 e. The Kier molecular flexibility index (Phi) is 2.66. The van der Waals surface area contributed by atoms with E-state index in [2.05, 4.69) is 0 Å². The zero-order valence-corrected chi connectivity index (χ0v) is 9.57. The maximum Gasteiger partial charge on any atom is 0.303 e. The number of aromatic hydroxyl groups is 1. The molecule has 1 aromatic carbocycles. The second-order valence-corrected chi connectivity index (χ2v) is 5.64. The van der Waals surface area contributed by atoms with Gasteiger partial charge in [0, 0.05) is 0 Å². The number of fused-ring (bicyclic) bond motifs is 1. The SMILES string of the molecule is O=C(O)CCC1=Cc2cccc(O)c2S1(=O)=O. The number of hydrogen-bond acceptors (Lipinski definition) is 4. The number of carboxylic acids is 1. The highest BCUT2D eigenvalue weighted by atomic mass is 32.2. The van der Waals surface area contributed by atoms with Crippen LogP contribution in [-0.4, -0.2) is 24.6 Å². The van der Waals surface area contributed by atoms with Crippen LogP contribution in [0, 0.1) is 0 Å². The summed E-state index contributed by atoms with van der Waals surface area (Å²) in [4.78, 5) is 10.3. The number of carbonyl (C=O) groups is 1. The Labute approximate surface area is 97.9 Å². The molecule has 1 heterocycles.